The van der Waals surface area contributed by atoms with Crippen molar-refractivity contribution in [3.63, 3.8) is 0 Å². The van der Waals surface area contributed by atoms with Crippen LogP contribution in [0.1, 0.15) is 15.9 Å². The number of aliphatic hydroxyl groups is 2. The van der Waals surface area contributed by atoms with Gasteiger partial charge in [-0.05, 0) is 42.8 Å². The van der Waals surface area contributed by atoms with Crippen LogP contribution in [0.25, 0.3) is 11.3 Å². The number of benzene rings is 1. The Balaban J connectivity index is 1.46. The maximum absolute atomic E-state index is 12.9. The van der Waals surface area contributed by atoms with Crippen LogP contribution in [-0.2, 0) is 19.1 Å². The number of aliphatic hydroxyl groups excluding tert-OH is 2. The van der Waals surface area contributed by atoms with Crippen LogP contribution in [0.3, 0.4) is 0 Å². The normalized spacial score (nSPS) is 20.7. The third-order valence-corrected chi connectivity index (χ3v) is 5.80. The number of anilines is 2. The molecule has 2 unspecified atom stereocenters. The Morgan fingerprint density at radius 2 is 2.00 bits per heavy atom. The van der Waals surface area contributed by atoms with Crippen LogP contribution in [0.2, 0.25) is 0 Å². The number of pyridine rings is 1. The van der Waals surface area contributed by atoms with Crippen molar-refractivity contribution in [3.05, 3.63) is 78.8 Å². The third-order valence-electron chi connectivity index (χ3n) is 5.80. The molecule has 4 N–H and O–H groups in total. The van der Waals surface area contributed by atoms with E-state index in [1.165, 1.54) is 6.07 Å². The molecule has 0 aliphatic carbocycles. The highest BCUT2D eigenvalue weighted by Gasteiger charge is 2.45. The van der Waals surface area contributed by atoms with Crippen molar-refractivity contribution >= 4 is 29.5 Å². The van der Waals surface area contributed by atoms with Gasteiger partial charge in [0.1, 0.15) is 18.8 Å². The number of nitrogens with zero attached hydrogens (tertiary/aromatic N) is 3. The van der Waals surface area contributed by atoms with Gasteiger partial charge in [-0.15, -0.1) is 0 Å². The number of cyclic esters (lactones) is 1. The summed E-state index contributed by atoms with van der Waals surface area (Å²) in [6.45, 7) is 4.59. The highest BCUT2D eigenvalue weighted by Crippen LogP contribution is 2.23. The minimum Gasteiger partial charge on any atom is -0.458 e. The van der Waals surface area contributed by atoms with Crippen molar-refractivity contribution in [3.8, 4) is 11.3 Å². The fourth-order valence-corrected chi connectivity index (χ4v) is 3.69. The number of esters is 2. The molecule has 3 heterocycles. The fraction of sp³-hybridized carbons (Fsp3) is 0.231. The molecular weight excluding hydrogens is 494 g/mol. The van der Waals surface area contributed by atoms with Gasteiger partial charge < -0.3 is 30.3 Å². The Hall–Kier alpha value is -4.68. The fourth-order valence-electron chi connectivity index (χ4n) is 3.69. The third kappa shape index (κ3) is 5.99. The second kappa shape index (κ2) is 11.6. The Labute approximate surface area is 217 Å². The highest BCUT2D eigenvalue weighted by atomic mass is 16.6. The Morgan fingerprint density at radius 3 is 2.74 bits per heavy atom. The minimum atomic E-state index is -1.70. The van der Waals surface area contributed by atoms with Crippen molar-refractivity contribution in [2.45, 2.75) is 31.3 Å². The van der Waals surface area contributed by atoms with E-state index in [-0.39, 0.29) is 5.56 Å². The van der Waals surface area contributed by atoms with E-state index < -0.39 is 48.8 Å². The second-order valence-corrected chi connectivity index (χ2v) is 8.40. The van der Waals surface area contributed by atoms with Crippen LogP contribution in [-0.4, -0.2) is 74.0 Å². The number of carbonyl (C=O) groups excluding carboxylic acids is 3. The van der Waals surface area contributed by atoms with E-state index in [2.05, 4.69) is 32.2 Å². The molecule has 12 nitrogen and oxygen atoms in total. The first-order valence-corrected chi connectivity index (χ1v) is 11.5. The first-order chi connectivity index (χ1) is 18.3. The number of aryl methyl sites for hydroxylation is 1. The molecule has 0 bridgehead atoms. The van der Waals surface area contributed by atoms with Gasteiger partial charge >= 0.3 is 11.9 Å². The van der Waals surface area contributed by atoms with Gasteiger partial charge in [-0.1, -0.05) is 12.6 Å². The van der Waals surface area contributed by atoms with E-state index >= 15 is 0 Å². The summed E-state index contributed by atoms with van der Waals surface area (Å²) in [6, 6.07) is 8.64. The van der Waals surface area contributed by atoms with Crippen LogP contribution in [0, 0.1) is 6.92 Å². The van der Waals surface area contributed by atoms with Crippen LogP contribution < -0.4 is 10.6 Å². The lowest BCUT2D eigenvalue weighted by Crippen LogP contribution is -2.62. The summed E-state index contributed by atoms with van der Waals surface area (Å²) >= 11 is 0. The summed E-state index contributed by atoms with van der Waals surface area (Å²) in [6.07, 6.45) is 1.25. The van der Waals surface area contributed by atoms with Gasteiger partial charge in [0.2, 0.25) is 5.95 Å². The SMILES string of the molecule is C=CC(=O)OCC1OC(=O)[C@H](NC(=O)c2ccc(C)c(Nc3nccc(-c4cccnc4)n3)c2)C(O)[C@@H]1O. The molecule has 38 heavy (non-hydrogen) atoms. The summed E-state index contributed by atoms with van der Waals surface area (Å²) in [5.41, 5.74) is 2.96. The van der Waals surface area contributed by atoms with Gasteiger partial charge in [0.05, 0.1) is 5.69 Å². The van der Waals surface area contributed by atoms with Gasteiger partial charge in [-0.3, -0.25) is 9.78 Å². The summed E-state index contributed by atoms with van der Waals surface area (Å²) in [5, 5.41) is 26.2. The van der Waals surface area contributed by atoms with Crippen molar-refractivity contribution in [1.82, 2.24) is 20.3 Å². The van der Waals surface area contributed by atoms with E-state index in [4.69, 9.17) is 9.47 Å². The van der Waals surface area contributed by atoms with Crippen molar-refractivity contribution in [2.75, 3.05) is 11.9 Å². The van der Waals surface area contributed by atoms with Gasteiger partial charge in [-0.25, -0.2) is 19.6 Å². The highest BCUT2D eigenvalue weighted by molar-refractivity contribution is 5.98. The zero-order valence-electron chi connectivity index (χ0n) is 20.3. The van der Waals surface area contributed by atoms with Gasteiger partial charge in [0.15, 0.2) is 12.1 Å². The Morgan fingerprint density at radius 1 is 1.18 bits per heavy atom. The van der Waals surface area contributed by atoms with E-state index in [9.17, 15) is 24.6 Å². The monoisotopic (exact) mass is 519 g/mol. The van der Waals surface area contributed by atoms with E-state index in [1.807, 2.05) is 13.0 Å². The van der Waals surface area contributed by atoms with Gasteiger partial charge in [-0.2, -0.15) is 0 Å². The molecule has 12 heteroatoms. The smallest absolute Gasteiger partial charge is 0.331 e. The number of ether oxygens (including phenoxy) is 2. The van der Waals surface area contributed by atoms with Crippen LogP contribution in [0.5, 0.6) is 0 Å². The summed E-state index contributed by atoms with van der Waals surface area (Å²) in [5.74, 6) is -2.16. The molecule has 1 amide bonds. The number of aromatic nitrogens is 3. The minimum absolute atomic E-state index is 0.165. The number of hydrogen-bond donors (Lipinski definition) is 4. The lowest BCUT2D eigenvalue weighted by Gasteiger charge is -2.36. The van der Waals surface area contributed by atoms with E-state index in [1.54, 1.807) is 42.9 Å². The molecule has 1 aromatic carbocycles. The largest absolute Gasteiger partial charge is 0.458 e. The maximum Gasteiger partial charge on any atom is 0.331 e. The molecule has 0 spiro atoms. The molecule has 1 aliphatic rings. The average molecular weight is 520 g/mol. The predicted octanol–water partition coefficient (Wildman–Crippen LogP) is 1.07. The average Bonchev–Trinajstić information content (AvgIpc) is 2.93. The first kappa shape index (κ1) is 26.4. The van der Waals surface area contributed by atoms with Crippen LogP contribution in [0.15, 0.2) is 67.6 Å². The van der Waals surface area contributed by atoms with Gasteiger partial charge in [0.25, 0.3) is 5.91 Å². The molecule has 4 atom stereocenters. The topological polar surface area (TPSA) is 173 Å². The molecule has 0 saturated carbocycles. The summed E-state index contributed by atoms with van der Waals surface area (Å²) in [4.78, 5) is 49.5. The lowest BCUT2D eigenvalue weighted by atomic mass is 9.97. The Kier molecular flexibility index (Phi) is 8.04. The Bertz CT molecular complexity index is 1350. The van der Waals surface area contributed by atoms with E-state index in [0.717, 1.165) is 17.2 Å². The summed E-state index contributed by atoms with van der Waals surface area (Å²) in [7, 11) is 0. The quantitative estimate of drug-likeness (QED) is 0.248. The van der Waals surface area contributed by atoms with Crippen molar-refractivity contribution in [1.29, 1.82) is 0 Å². The number of hydrogen-bond acceptors (Lipinski definition) is 11. The predicted molar refractivity (Wildman–Crippen MR) is 134 cm³/mol. The molecule has 2 aromatic heterocycles. The number of nitrogens with one attached hydrogen (secondary N) is 2. The lowest BCUT2D eigenvalue weighted by molar-refractivity contribution is -0.192. The molecule has 0 radical (unpaired) electrons. The second-order valence-electron chi connectivity index (χ2n) is 8.40. The summed E-state index contributed by atoms with van der Waals surface area (Å²) < 4.78 is 9.85. The molecule has 4 rings (SSSR count). The molecule has 1 fully saturated rings. The molecule has 3 aromatic rings. The van der Waals surface area contributed by atoms with Crippen LogP contribution in [0.4, 0.5) is 11.6 Å². The van der Waals surface area contributed by atoms with E-state index in [0.29, 0.717) is 17.3 Å². The number of rotatable bonds is 8. The van der Waals surface area contributed by atoms with Crippen molar-refractivity contribution < 1.29 is 34.1 Å². The number of amides is 1. The zero-order chi connectivity index (χ0) is 27.2. The standard InChI is InChI=1S/C26H25N5O7/c1-3-20(32)37-13-19-22(33)23(34)21(25(36)38-19)31-24(35)15-7-6-14(2)18(11-15)30-26-28-10-8-17(29-26)16-5-4-9-27-12-16/h3-12,19,21-23,33-34H,1,13H2,2H3,(H,31,35)(H,28,29,30)/t19?,21-,22-,23?/m1/s1. The zero-order valence-corrected chi connectivity index (χ0v) is 20.3. The molecular formula is C26H25N5O7. The van der Waals surface area contributed by atoms with Crippen molar-refractivity contribution in [2.24, 2.45) is 0 Å². The number of carbonyl (C=O) groups is 3. The molecule has 196 valence electrons. The molecule has 1 aliphatic heterocycles. The first-order valence-electron chi connectivity index (χ1n) is 11.5. The van der Waals surface area contributed by atoms with Gasteiger partial charge in [0, 0.05) is 41.5 Å². The maximum atomic E-state index is 12.9. The van der Waals surface area contributed by atoms with Crippen LogP contribution >= 0.6 is 0 Å². The molecule has 1 saturated heterocycles.